The van der Waals surface area contributed by atoms with E-state index in [9.17, 15) is 0 Å². The van der Waals surface area contributed by atoms with Crippen molar-refractivity contribution in [1.82, 2.24) is 14.9 Å². The lowest BCUT2D eigenvalue weighted by Crippen LogP contribution is -2.40. The molecular formula is C27H48N4. The van der Waals surface area contributed by atoms with Crippen LogP contribution in [0.2, 0.25) is 0 Å². The number of benzene rings is 1. The SMILES string of the molecule is CC.CC.CCC1=C(N(C)N(C)C(C)=Nc2cc(C)ccc2C)C=C(CN(C)C)CC1. The summed E-state index contributed by atoms with van der Waals surface area (Å²) in [5, 5.41) is 4.40. The van der Waals surface area contributed by atoms with Crippen molar-refractivity contribution < 1.29 is 0 Å². The van der Waals surface area contributed by atoms with Crippen LogP contribution in [0.3, 0.4) is 0 Å². The van der Waals surface area contributed by atoms with Gasteiger partial charge in [-0.3, -0.25) is 10.0 Å². The van der Waals surface area contributed by atoms with Crippen molar-refractivity contribution in [2.45, 2.75) is 74.7 Å². The van der Waals surface area contributed by atoms with Crippen LogP contribution in [0.4, 0.5) is 5.69 Å². The number of aryl methyl sites for hydroxylation is 2. The van der Waals surface area contributed by atoms with Crippen molar-refractivity contribution in [3.8, 4) is 0 Å². The second-order valence-electron chi connectivity index (χ2n) is 7.88. The molecule has 0 amide bonds. The fourth-order valence-corrected chi connectivity index (χ4v) is 3.48. The van der Waals surface area contributed by atoms with Crippen molar-refractivity contribution >= 4 is 11.5 Å². The smallest absolute Gasteiger partial charge is 0.120 e. The normalized spacial score (nSPS) is 13.7. The Morgan fingerprint density at radius 2 is 1.58 bits per heavy atom. The van der Waals surface area contributed by atoms with Crippen molar-refractivity contribution in [3.05, 3.63) is 52.2 Å². The fourth-order valence-electron chi connectivity index (χ4n) is 3.48. The monoisotopic (exact) mass is 428 g/mol. The van der Waals surface area contributed by atoms with Gasteiger partial charge in [-0.05, 0) is 83.0 Å². The molecule has 4 nitrogen and oxygen atoms in total. The first-order valence-corrected chi connectivity index (χ1v) is 11.9. The lowest BCUT2D eigenvalue weighted by molar-refractivity contribution is 0.156. The number of nitrogens with zero attached hydrogens (tertiary/aromatic N) is 4. The summed E-state index contributed by atoms with van der Waals surface area (Å²) in [6.45, 7) is 17.6. The maximum Gasteiger partial charge on any atom is 0.120 e. The number of hydrogen-bond donors (Lipinski definition) is 0. The van der Waals surface area contributed by atoms with Gasteiger partial charge in [-0.15, -0.1) is 0 Å². The highest BCUT2D eigenvalue weighted by Crippen LogP contribution is 2.29. The quantitative estimate of drug-likeness (QED) is 0.273. The number of hydrogen-bond acceptors (Lipinski definition) is 3. The van der Waals surface area contributed by atoms with E-state index in [2.05, 4.69) is 95.1 Å². The Kier molecular flexibility index (Phi) is 13.9. The maximum atomic E-state index is 4.90. The molecule has 0 atom stereocenters. The van der Waals surface area contributed by atoms with E-state index in [1.165, 1.54) is 28.0 Å². The fraction of sp³-hybridized carbons (Fsp3) is 0.593. The predicted molar refractivity (Wildman–Crippen MR) is 140 cm³/mol. The molecule has 0 fully saturated rings. The van der Waals surface area contributed by atoms with E-state index in [4.69, 9.17) is 4.99 Å². The van der Waals surface area contributed by atoms with Gasteiger partial charge >= 0.3 is 0 Å². The van der Waals surface area contributed by atoms with E-state index < -0.39 is 0 Å². The van der Waals surface area contributed by atoms with E-state index in [1.54, 1.807) is 0 Å². The zero-order valence-electron chi connectivity index (χ0n) is 22.4. The Hall–Kier alpha value is -2.07. The standard InChI is InChI=1S/C23H36N4.2C2H6/c1-9-21-13-12-20(16-25(5)6)15-23(21)27(8)26(7)19(4)24-22-14-17(2)10-11-18(22)3;2*1-2/h10-11,14-15H,9,12-13,16H2,1-8H3;2*1-2H3. The first-order chi connectivity index (χ1) is 14.7. The molecule has 0 heterocycles. The first-order valence-electron chi connectivity index (χ1n) is 11.9. The maximum absolute atomic E-state index is 4.90. The van der Waals surface area contributed by atoms with Gasteiger partial charge in [-0.2, -0.15) is 0 Å². The minimum absolute atomic E-state index is 0.988. The van der Waals surface area contributed by atoms with E-state index in [-0.39, 0.29) is 0 Å². The molecule has 31 heavy (non-hydrogen) atoms. The molecule has 0 aromatic heterocycles. The second-order valence-corrected chi connectivity index (χ2v) is 7.88. The summed E-state index contributed by atoms with van der Waals surface area (Å²) in [5.41, 5.74) is 7.82. The summed E-state index contributed by atoms with van der Waals surface area (Å²) in [4.78, 5) is 7.15. The van der Waals surface area contributed by atoms with Gasteiger partial charge in [0.25, 0.3) is 0 Å². The molecule has 0 N–H and O–H groups in total. The number of allylic oxidation sites excluding steroid dienone is 2. The van der Waals surface area contributed by atoms with E-state index in [1.807, 2.05) is 27.7 Å². The number of amidine groups is 1. The topological polar surface area (TPSA) is 22.1 Å². The van der Waals surface area contributed by atoms with Gasteiger partial charge in [0.2, 0.25) is 0 Å². The Balaban J connectivity index is 0.00000212. The van der Waals surface area contributed by atoms with Crippen LogP contribution in [-0.4, -0.2) is 55.5 Å². The number of likely N-dealkylation sites (N-methyl/N-ethyl adjacent to an activating group) is 2. The number of aliphatic imine (C=N–C) groups is 1. The molecule has 0 saturated heterocycles. The number of rotatable bonds is 6. The highest BCUT2D eigenvalue weighted by molar-refractivity contribution is 5.82. The summed E-state index contributed by atoms with van der Waals surface area (Å²) in [7, 11) is 8.51. The Morgan fingerprint density at radius 1 is 0.968 bits per heavy atom. The van der Waals surface area contributed by atoms with Crippen LogP contribution in [0, 0.1) is 13.8 Å². The first kappa shape index (κ1) is 28.9. The average molecular weight is 429 g/mol. The molecule has 4 heteroatoms. The van der Waals surface area contributed by atoms with Crippen LogP contribution in [0.25, 0.3) is 0 Å². The van der Waals surface area contributed by atoms with Gasteiger partial charge in [0.15, 0.2) is 0 Å². The average Bonchev–Trinajstić information content (AvgIpc) is 2.77. The van der Waals surface area contributed by atoms with Crippen molar-refractivity contribution in [1.29, 1.82) is 0 Å². The van der Waals surface area contributed by atoms with Gasteiger partial charge in [-0.1, -0.05) is 52.3 Å². The van der Waals surface area contributed by atoms with Gasteiger partial charge in [0, 0.05) is 20.6 Å². The molecule has 0 bridgehead atoms. The predicted octanol–water partition coefficient (Wildman–Crippen LogP) is 7.13. The van der Waals surface area contributed by atoms with Crippen LogP contribution in [-0.2, 0) is 0 Å². The molecule has 0 radical (unpaired) electrons. The molecule has 0 spiro atoms. The molecule has 1 aromatic rings. The summed E-state index contributed by atoms with van der Waals surface area (Å²) in [6.07, 6.45) is 5.78. The highest BCUT2D eigenvalue weighted by atomic mass is 15.6. The molecule has 0 saturated carbocycles. The third kappa shape index (κ3) is 8.90. The van der Waals surface area contributed by atoms with Crippen molar-refractivity contribution in [2.75, 3.05) is 34.7 Å². The molecular weight excluding hydrogens is 380 g/mol. The summed E-state index contributed by atoms with van der Waals surface area (Å²) in [6, 6.07) is 6.43. The molecule has 1 aliphatic rings. The van der Waals surface area contributed by atoms with E-state index >= 15 is 0 Å². The molecule has 0 aliphatic heterocycles. The third-order valence-corrected chi connectivity index (χ3v) is 5.31. The summed E-state index contributed by atoms with van der Waals surface area (Å²) >= 11 is 0. The number of hydrazine groups is 1. The van der Waals surface area contributed by atoms with Crippen LogP contribution in [0.1, 0.15) is 71.9 Å². The zero-order chi connectivity index (χ0) is 24.1. The zero-order valence-corrected chi connectivity index (χ0v) is 22.4. The molecule has 0 unspecified atom stereocenters. The van der Waals surface area contributed by atoms with Crippen LogP contribution >= 0.6 is 0 Å². The second kappa shape index (κ2) is 14.9. The summed E-state index contributed by atoms with van der Waals surface area (Å²) in [5.74, 6) is 0.988. The van der Waals surface area contributed by atoms with Crippen molar-refractivity contribution in [3.63, 3.8) is 0 Å². The van der Waals surface area contributed by atoms with Gasteiger partial charge in [0.05, 0.1) is 11.4 Å². The van der Waals surface area contributed by atoms with Gasteiger partial charge in [0.1, 0.15) is 5.84 Å². The minimum Gasteiger partial charge on any atom is -0.305 e. The van der Waals surface area contributed by atoms with Crippen molar-refractivity contribution in [2.24, 2.45) is 4.99 Å². The third-order valence-electron chi connectivity index (χ3n) is 5.31. The van der Waals surface area contributed by atoms with Crippen LogP contribution in [0.15, 0.2) is 46.1 Å². The molecule has 1 aliphatic carbocycles. The molecule has 176 valence electrons. The Morgan fingerprint density at radius 3 is 2.13 bits per heavy atom. The Labute approximate surface area is 193 Å². The lowest BCUT2D eigenvalue weighted by Gasteiger charge is -2.36. The summed E-state index contributed by atoms with van der Waals surface area (Å²) < 4.78 is 0. The lowest BCUT2D eigenvalue weighted by atomic mass is 9.94. The minimum atomic E-state index is 0.988. The van der Waals surface area contributed by atoms with Gasteiger partial charge in [-0.25, -0.2) is 4.99 Å². The van der Waals surface area contributed by atoms with Gasteiger partial charge < -0.3 is 4.90 Å². The molecule has 1 aromatic carbocycles. The van der Waals surface area contributed by atoms with E-state index in [0.717, 1.165) is 37.3 Å². The van der Waals surface area contributed by atoms with Crippen LogP contribution < -0.4 is 0 Å². The largest absolute Gasteiger partial charge is 0.305 e. The Bertz CT molecular complexity index is 756. The molecule has 2 rings (SSSR count). The highest BCUT2D eigenvalue weighted by Gasteiger charge is 2.19. The van der Waals surface area contributed by atoms with E-state index in [0.29, 0.717) is 0 Å². The van der Waals surface area contributed by atoms with Crippen LogP contribution in [0.5, 0.6) is 0 Å².